The van der Waals surface area contributed by atoms with Gasteiger partial charge in [-0.3, -0.25) is 0 Å². The van der Waals surface area contributed by atoms with Gasteiger partial charge in [-0.2, -0.15) is 0 Å². The van der Waals surface area contributed by atoms with Crippen molar-refractivity contribution in [2.24, 2.45) is 0 Å². The SMILES string of the molecule is C1=CCC2=C(C=C1)C=CC2. The first-order valence-electron chi connectivity index (χ1n) is 3.68. The lowest BCUT2D eigenvalue weighted by atomic mass is 10.1. The molecule has 0 spiro atoms. The Morgan fingerprint density at radius 3 is 2.80 bits per heavy atom. The van der Waals surface area contributed by atoms with Crippen LogP contribution >= 0.6 is 0 Å². The Morgan fingerprint density at radius 1 is 0.900 bits per heavy atom. The van der Waals surface area contributed by atoms with E-state index in [1.54, 1.807) is 5.57 Å². The molecular formula is C10H10. The Labute approximate surface area is 61.3 Å². The summed E-state index contributed by atoms with van der Waals surface area (Å²) >= 11 is 0. The highest BCUT2D eigenvalue weighted by atomic mass is 14.1. The van der Waals surface area contributed by atoms with Gasteiger partial charge in [0.25, 0.3) is 0 Å². The van der Waals surface area contributed by atoms with Crippen LogP contribution in [0.15, 0.2) is 47.6 Å². The quantitative estimate of drug-likeness (QED) is 0.473. The first-order chi connectivity index (χ1) is 4.97. The van der Waals surface area contributed by atoms with Crippen molar-refractivity contribution in [2.75, 3.05) is 0 Å². The first kappa shape index (κ1) is 5.72. The highest BCUT2D eigenvalue weighted by Gasteiger charge is 2.05. The molecule has 0 aromatic carbocycles. The van der Waals surface area contributed by atoms with Crippen LogP contribution in [0.5, 0.6) is 0 Å². The van der Waals surface area contributed by atoms with Crippen molar-refractivity contribution in [3.8, 4) is 0 Å². The van der Waals surface area contributed by atoms with E-state index in [9.17, 15) is 0 Å². The second-order valence-electron chi connectivity index (χ2n) is 2.66. The Kier molecular flexibility index (Phi) is 1.31. The van der Waals surface area contributed by atoms with E-state index in [1.165, 1.54) is 5.57 Å². The maximum atomic E-state index is 2.23. The molecule has 50 valence electrons. The van der Waals surface area contributed by atoms with Gasteiger partial charge in [0.05, 0.1) is 0 Å². The van der Waals surface area contributed by atoms with E-state index >= 15 is 0 Å². The Bertz CT molecular complexity index is 249. The van der Waals surface area contributed by atoms with Crippen LogP contribution in [0.3, 0.4) is 0 Å². The molecule has 2 aliphatic rings. The molecule has 2 rings (SSSR count). The number of hydrogen-bond acceptors (Lipinski definition) is 0. The lowest BCUT2D eigenvalue weighted by molar-refractivity contribution is 1.13. The summed E-state index contributed by atoms with van der Waals surface area (Å²) in [6.07, 6.45) is 15.4. The summed E-state index contributed by atoms with van der Waals surface area (Å²) in [5, 5.41) is 0. The van der Waals surface area contributed by atoms with E-state index in [-0.39, 0.29) is 0 Å². The smallest absolute Gasteiger partial charge is 0.0123 e. The lowest BCUT2D eigenvalue weighted by Gasteiger charge is -1.95. The second-order valence-corrected chi connectivity index (χ2v) is 2.66. The van der Waals surface area contributed by atoms with Crippen molar-refractivity contribution in [2.45, 2.75) is 12.8 Å². The Balaban J connectivity index is 2.36. The fourth-order valence-corrected chi connectivity index (χ4v) is 1.39. The molecule has 2 aliphatic carbocycles. The first-order valence-corrected chi connectivity index (χ1v) is 3.68. The average molecular weight is 130 g/mol. The molecule has 0 aromatic rings. The normalized spacial score (nSPS) is 21.6. The number of allylic oxidation sites excluding steroid dienone is 8. The molecule has 0 nitrogen and oxygen atoms in total. The van der Waals surface area contributed by atoms with Crippen molar-refractivity contribution in [1.29, 1.82) is 0 Å². The molecule has 0 saturated heterocycles. The minimum Gasteiger partial charge on any atom is -0.0804 e. The van der Waals surface area contributed by atoms with E-state index in [1.807, 2.05) is 0 Å². The van der Waals surface area contributed by atoms with Crippen molar-refractivity contribution in [3.63, 3.8) is 0 Å². The van der Waals surface area contributed by atoms with Gasteiger partial charge >= 0.3 is 0 Å². The molecule has 0 N–H and O–H groups in total. The zero-order valence-electron chi connectivity index (χ0n) is 5.88. The third-order valence-corrected chi connectivity index (χ3v) is 1.96. The summed E-state index contributed by atoms with van der Waals surface area (Å²) in [6, 6.07) is 0. The Hall–Kier alpha value is -1.04. The van der Waals surface area contributed by atoms with E-state index in [0.717, 1.165) is 12.8 Å². The lowest BCUT2D eigenvalue weighted by Crippen LogP contribution is -1.76. The van der Waals surface area contributed by atoms with Gasteiger partial charge in [-0.1, -0.05) is 42.0 Å². The second kappa shape index (κ2) is 2.30. The molecule has 0 atom stereocenters. The fourth-order valence-electron chi connectivity index (χ4n) is 1.39. The Morgan fingerprint density at radius 2 is 1.80 bits per heavy atom. The van der Waals surface area contributed by atoms with Crippen LogP contribution in [0.2, 0.25) is 0 Å². The molecule has 0 heterocycles. The molecule has 0 saturated carbocycles. The topological polar surface area (TPSA) is 0 Å². The average Bonchev–Trinajstić information content (AvgIpc) is 2.28. The summed E-state index contributed by atoms with van der Waals surface area (Å²) in [7, 11) is 0. The minimum absolute atomic E-state index is 1.13. The highest BCUT2D eigenvalue weighted by Crippen LogP contribution is 2.24. The van der Waals surface area contributed by atoms with Crippen molar-refractivity contribution in [1.82, 2.24) is 0 Å². The summed E-state index contributed by atoms with van der Waals surface area (Å²) < 4.78 is 0. The summed E-state index contributed by atoms with van der Waals surface area (Å²) in [6.45, 7) is 0. The largest absolute Gasteiger partial charge is 0.0804 e. The monoisotopic (exact) mass is 130 g/mol. The predicted octanol–water partition coefficient (Wildman–Crippen LogP) is 2.76. The van der Waals surface area contributed by atoms with Crippen LogP contribution in [0.4, 0.5) is 0 Å². The summed E-state index contributed by atoms with van der Waals surface area (Å²) in [5.74, 6) is 0. The van der Waals surface area contributed by atoms with E-state index in [2.05, 4.69) is 36.5 Å². The summed E-state index contributed by atoms with van der Waals surface area (Å²) in [5.41, 5.74) is 2.98. The van der Waals surface area contributed by atoms with Gasteiger partial charge in [0.1, 0.15) is 0 Å². The molecule has 0 radical (unpaired) electrons. The molecule has 0 heteroatoms. The van der Waals surface area contributed by atoms with Crippen LogP contribution in [-0.2, 0) is 0 Å². The molecule has 10 heavy (non-hydrogen) atoms. The third-order valence-electron chi connectivity index (χ3n) is 1.96. The van der Waals surface area contributed by atoms with Crippen LogP contribution in [-0.4, -0.2) is 0 Å². The zero-order chi connectivity index (χ0) is 6.81. The van der Waals surface area contributed by atoms with Gasteiger partial charge in [0, 0.05) is 0 Å². The van der Waals surface area contributed by atoms with Crippen LogP contribution < -0.4 is 0 Å². The molecule has 0 aromatic heterocycles. The number of hydrogen-bond donors (Lipinski definition) is 0. The molecule has 0 fully saturated rings. The van der Waals surface area contributed by atoms with E-state index < -0.39 is 0 Å². The van der Waals surface area contributed by atoms with Crippen molar-refractivity contribution >= 4 is 0 Å². The molecular weight excluding hydrogens is 120 g/mol. The van der Waals surface area contributed by atoms with Crippen LogP contribution in [0.25, 0.3) is 0 Å². The van der Waals surface area contributed by atoms with Crippen LogP contribution in [0, 0.1) is 0 Å². The molecule has 0 amide bonds. The molecule has 0 unspecified atom stereocenters. The van der Waals surface area contributed by atoms with Gasteiger partial charge in [-0.15, -0.1) is 0 Å². The molecule has 0 bridgehead atoms. The third kappa shape index (κ3) is 0.860. The van der Waals surface area contributed by atoms with Gasteiger partial charge in [0.2, 0.25) is 0 Å². The van der Waals surface area contributed by atoms with Gasteiger partial charge in [-0.05, 0) is 18.4 Å². The number of rotatable bonds is 0. The highest BCUT2D eigenvalue weighted by molar-refractivity contribution is 5.44. The maximum absolute atomic E-state index is 2.23. The van der Waals surface area contributed by atoms with E-state index in [4.69, 9.17) is 0 Å². The maximum Gasteiger partial charge on any atom is -0.0123 e. The van der Waals surface area contributed by atoms with Gasteiger partial charge in [-0.25, -0.2) is 0 Å². The standard InChI is InChI=1S/C10H10/c1-2-5-9-7-4-8-10(9)6-3-1/h1-5,7H,6,8H2. The fraction of sp³-hybridized carbons (Fsp3) is 0.200. The summed E-state index contributed by atoms with van der Waals surface area (Å²) in [4.78, 5) is 0. The predicted molar refractivity (Wildman–Crippen MR) is 43.7 cm³/mol. The zero-order valence-corrected chi connectivity index (χ0v) is 5.88. The van der Waals surface area contributed by atoms with Gasteiger partial charge < -0.3 is 0 Å². The van der Waals surface area contributed by atoms with Crippen molar-refractivity contribution in [3.05, 3.63) is 47.6 Å². The minimum atomic E-state index is 1.13. The van der Waals surface area contributed by atoms with E-state index in [0.29, 0.717) is 0 Å². The van der Waals surface area contributed by atoms with Gasteiger partial charge in [0.15, 0.2) is 0 Å². The van der Waals surface area contributed by atoms with Crippen LogP contribution in [0.1, 0.15) is 12.8 Å². The van der Waals surface area contributed by atoms with Crippen molar-refractivity contribution < 1.29 is 0 Å². The molecule has 0 aliphatic heterocycles.